The van der Waals surface area contributed by atoms with Crippen LogP contribution in [0.25, 0.3) is 5.69 Å². The molecular weight excluding hydrogens is 412 g/mol. The molecule has 170 valence electrons. The topological polar surface area (TPSA) is 67.2 Å². The van der Waals surface area contributed by atoms with Gasteiger partial charge in [0.25, 0.3) is 11.8 Å². The minimum atomic E-state index is -0.0347. The van der Waals surface area contributed by atoms with Crippen molar-refractivity contribution in [3.63, 3.8) is 0 Å². The van der Waals surface area contributed by atoms with Gasteiger partial charge in [0, 0.05) is 36.0 Å². The van der Waals surface area contributed by atoms with Crippen LogP contribution < -0.4 is 5.32 Å². The van der Waals surface area contributed by atoms with E-state index in [1.807, 2.05) is 40.8 Å². The second-order valence-corrected chi connectivity index (χ2v) is 9.23. The van der Waals surface area contributed by atoms with Crippen LogP contribution in [0.2, 0.25) is 0 Å². The number of aryl methyl sites for hydroxylation is 2. The first-order valence-corrected chi connectivity index (χ1v) is 11.8. The molecule has 1 aliphatic carbocycles. The summed E-state index contributed by atoms with van der Waals surface area (Å²) < 4.78 is 1.96. The lowest BCUT2D eigenvalue weighted by molar-refractivity contribution is 0.0691. The van der Waals surface area contributed by atoms with Crippen molar-refractivity contribution in [1.29, 1.82) is 0 Å². The second kappa shape index (κ2) is 8.85. The Morgan fingerprint density at radius 1 is 0.970 bits per heavy atom. The quantitative estimate of drug-likeness (QED) is 0.664. The van der Waals surface area contributed by atoms with Gasteiger partial charge < -0.3 is 10.2 Å². The number of nitrogens with one attached hydrogen (secondary N) is 1. The maximum Gasteiger partial charge on any atom is 0.274 e. The highest BCUT2D eigenvalue weighted by Crippen LogP contribution is 2.29. The molecule has 6 heteroatoms. The van der Waals surface area contributed by atoms with E-state index in [1.165, 1.54) is 11.3 Å². The van der Waals surface area contributed by atoms with Gasteiger partial charge >= 0.3 is 0 Å². The van der Waals surface area contributed by atoms with Gasteiger partial charge in [-0.15, -0.1) is 0 Å². The summed E-state index contributed by atoms with van der Waals surface area (Å²) >= 11 is 0. The van der Waals surface area contributed by atoms with E-state index in [-0.39, 0.29) is 17.9 Å². The van der Waals surface area contributed by atoms with Crippen molar-refractivity contribution in [2.75, 3.05) is 13.1 Å². The van der Waals surface area contributed by atoms with Gasteiger partial charge in [-0.25, -0.2) is 4.68 Å². The summed E-state index contributed by atoms with van der Waals surface area (Å²) in [6, 6.07) is 16.0. The largest absolute Gasteiger partial charge is 0.349 e. The molecule has 5 rings (SSSR count). The monoisotopic (exact) mass is 442 g/mol. The molecule has 1 aromatic heterocycles. The van der Waals surface area contributed by atoms with Crippen LogP contribution in [0.3, 0.4) is 0 Å². The number of nitrogens with zero attached hydrogens (tertiary/aromatic N) is 3. The lowest BCUT2D eigenvalue weighted by Gasteiger charge is -2.32. The molecule has 2 aromatic carbocycles. The summed E-state index contributed by atoms with van der Waals surface area (Å²) in [6.07, 6.45) is 4.43. The van der Waals surface area contributed by atoms with Crippen molar-refractivity contribution in [2.24, 2.45) is 0 Å². The third kappa shape index (κ3) is 4.17. The maximum absolute atomic E-state index is 13.4. The number of fused-ring (bicyclic) bond motifs is 1. The number of hydrogen-bond acceptors (Lipinski definition) is 3. The molecule has 6 nitrogen and oxygen atoms in total. The Balaban J connectivity index is 1.27. The third-order valence-electron chi connectivity index (χ3n) is 6.92. The Kier molecular flexibility index (Phi) is 5.75. The fraction of sp³-hybridized carbons (Fsp3) is 0.370. The minimum absolute atomic E-state index is 0.0164. The van der Waals surface area contributed by atoms with Gasteiger partial charge in [0.15, 0.2) is 5.69 Å². The highest BCUT2D eigenvalue weighted by molar-refractivity contribution is 5.96. The van der Waals surface area contributed by atoms with Crippen LogP contribution in [0, 0.1) is 13.8 Å². The van der Waals surface area contributed by atoms with E-state index in [1.54, 1.807) is 0 Å². The van der Waals surface area contributed by atoms with E-state index in [4.69, 9.17) is 5.10 Å². The Morgan fingerprint density at radius 2 is 1.70 bits per heavy atom. The fourth-order valence-electron chi connectivity index (χ4n) is 4.98. The highest BCUT2D eigenvalue weighted by atomic mass is 16.2. The number of amides is 2. The number of aromatic nitrogens is 2. The lowest BCUT2D eigenvalue weighted by Crippen LogP contribution is -2.46. The first-order valence-electron chi connectivity index (χ1n) is 11.8. The van der Waals surface area contributed by atoms with Gasteiger partial charge in [0.2, 0.25) is 0 Å². The molecule has 2 heterocycles. The van der Waals surface area contributed by atoms with Gasteiger partial charge in [0.1, 0.15) is 0 Å². The summed E-state index contributed by atoms with van der Waals surface area (Å²) in [4.78, 5) is 28.0. The number of piperidine rings is 1. The van der Waals surface area contributed by atoms with Crippen molar-refractivity contribution >= 4 is 11.8 Å². The van der Waals surface area contributed by atoms with Gasteiger partial charge in [-0.1, -0.05) is 35.9 Å². The van der Waals surface area contributed by atoms with E-state index < -0.39 is 0 Å². The standard InChI is InChI=1S/C27H30N4O2/c1-18-10-12-21(13-11-18)31-24-9-5-8-23(24)25(29-31)27(33)30-16-14-20(15-17-30)28-26(32)22-7-4-3-6-19(22)2/h3-4,6-7,10-13,20H,5,8-9,14-17H2,1-2H3,(H,28,32). The molecule has 0 spiro atoms. The van der Waals surface area contributed by atoms with Crippen LogP contribution in [-0.2, 0) is 12.8 Å². The summed E-state index contributed by atoms with van der Waals surface area (Å²) in [7, 11) is 0. The number of carbonyl (C=O) groups excluding carboxylic acids is 2. The van der Waals surface area contributed by atoms with Crippen LogP contribution in [0.4, 0.5) is 0 Å². The molecule has 33 heavy (non-hydrogen) atoms. The predicted octanol–water partition coefficient (Wildman–Crippen LogP) is 4.01. The van der Waals surface area contributed by atoms with Gasteiger partial charge in [-0.2, -0.15) is 5.10 Å². The summed E-state index contributed by atoms with van der Waals surface area (Å²) in [5.41, 5.74) is 6.78. The number of carbonyl (C=O) groups is 2. The lowest BCUT2D eigenvalue weighted by atomic mass is 10.0. The van der Waals surface area contributed by atoms with E-state index in [9.17, 15) is 9.59 Å². The van der Waals surface area contributed by atoms with Gasteiger partial charge in [-0.05, 0) is 69.7 Å². The molecule has 0 saturated carbocycles. The maximum atomic E-state index is 13.4. The Bertz CT molecular complexity index is 1190. The highest BCUT2D eigenvalue weighted by Gasteiger charge is 2.31. The number of hydrogen-bond donors (Lipinski definition) is 1. The zero-order chi connectivity index (χ0) is 22.9. The van der Waals surface area contributed by atoms with Crippen molar-refractivity contribution < 1.29 is 9.59 Å². The van der Waals surface area contributed by atoms with Crippen molar-refractivity contribution in [2.45, 2.75) is 52.0 Å². The van der Waals surface area contributed by atoms with Gasteiger partial charge in [-0.3, -0.25) is 9.59 Å². The number of rotatable bonds is 4. The molecule has 0 unspecified atom stereocenters. The zero-order valence-electron chi connectivity index (χ0n) is 19.3. The SMILES string of the molecule is Cc1ccc(-n2nc(C(=O)N3CCC(NC(=O)c4ccccc4C)CC3)c3c2CCC3)cc1. The summed E-state index contributed by atoms with van der Waals surface area (Å²) in [6.45, 7) is 5.27. The Morgan fingerprint density at radius 3 is 2.42 bits per heavy atom. The van der Waals surface area contributed by atoms with Crippen LogP contribution in [0.5, 0.6) is 0 Å². The van der Waals surface area contributed by atoms with Gasteiger partial charge in [0.05, 0.1) is 5.69 Å². The van der Waals surface area contributed by atoms with Crippen LogP contribution in [0.1, 0.15) is 62.5 Å². The normalized spacial score (nSPS) is 16.0. The van der Waals surface area contributed by atoms with Crippen LogP contribution in [0.15, 0.2) is 48.5 Å². The molecule has 2 amide bonds. The van der Waals surface area contributed by atoms with Crippen molar-refractivity contribution in [3.8, 4) is 5.69 Å². The van der Waals surface area contributed by atoms with Crippen molar-refractivity contribution in [3.05, 3.63) is 82.2 Å². The fourth-order valence-corrected chi connectivity index (χ4v) is 4.98. The molecule has 1 saturated heterocycles. The molecule has 2 aliphatic rings. The second-order valence-electron chi connectivity index (χ2n) is 9.23. The molecule has 0 bridgehead atoms. The average molecular weight is 443 g/mol. The summed E-state index contributed by atoms with van der Waals surface area (Å²) in [5, 5.41) is 7.93. The molecule has 1 N–H and O–H groups in total. The van der Waals surface area contributed by atoms with Crippen molar-refractivity contribution in [1.82, 2.24) is 20.0 Å². The van der Waals surface area contributed by atoms with E-state index >= 15 is 0 Å². The molecule has 3 aromatic rings. The Labute approximate surface area is 194 Å². The first kappa shape index (κ1) is 21.4. The predicted molar refractivity (Wildman–Crippen MR) is 128 cm³/mol. The molecule has 0 atom stereocenters. The van der Waals surface area contributed by atoms with E-state index in [0.717, 1.165) is 48.9 Å². The van der Waals surface area contributed by atoms with E-state index in [2.05, 4.69) is 36.5 Å². The molecule has 1 aliphatic heterocycles. The average Bonchev–Trinajstić information content (AvgIpc) is 3.43. The minimum Gasteiger partial charge on any atom is -0.349 e. The third-order valence-corrected chi connectivity index (χ3v) is 6.92. The first-order chi connectivity index (χ1) is 16.0. The smallest absolute Gasteiger partial charge is 0.274 e. The molecule has 0 radical (unpaired) electrons. The number of likely N-dealkylation sites (tertiary alicyclic amines) is 1. The van der Waals surface area contributed by atoms with Crippen LogP contribution in [-0.4, -0.2) is 45.6 Å². The molecular formula is C27H30N4O2. The van der Waals surface area contributed by atoms with E-state index in [0.29, 0.717) is 24.3 Å². The summed E-state index contributed by atoms with van der Waals surface area (Å²) in [5.74, 6) is -0.0183. The number of benzene rings is 2. The molecule has 1 fully saturated rings. The Hall–Kier alpha value is -3.41. The van der Waals surface area contributed by atoms with Crippen LogP contribution >= 0.6 is 0 Å². The zero-order valence-corrected chi connectivity index (χ0v) is 19.3.